The molecule has 2 nitrogen and oxygen atoms in total. The third kappa shape index (κ3) is 2.42. The van der Waals surface area contributed by atoms with Gasteiger partial charge in [-0.2, -0.15) is 0 Å². The van der Waals surface area contributed by atoms with Crippen LogP contribution in [0.25, 0.3) is 5.57 Å². The topological polar surface area (TPSA) is 15.3 Å². The highest BCUT2D eigenvalue weighted by Crippen LogP contribution is 2.31. The first-order valence-corrected chi connectivity index (χ1v) is 6.80. The maximum atomic E-state index is 13.3. The van der Waals surface area contributed by atoms with Gasteiger partial charge in [0.15, 0.2) is 0 Å². The Balaban J connectivity index is 1.97. The van der Waals surface area contributed by atoms with Crippen LogP contribution in [0.15, 0.2) is 54.7 Å². The predicted octanol–water partition coefficient (Wildman–Crippen LogP) is 4.23. The molecule has 4 heteroatoms. The summed E-state index contributed by atoms with van der Waals surface area (Å²) < 4.78 is 13.3. The second kappa shape index (κ2) is 5.27. The van der Waals surface area contributed by atoms with Gasteiger partial charge in [0.1, 0.15) is 5.82 Å². The van der Waals surface area contributed by atoms with Crippen molar-refractivity contribution >= 4 is 22.9 Å². The Bertz CT molecular complexity index is 669. The molecule has 1 N–H and O–H groups in total. The summed E-state index contributed by atoms with van der Waals surface area (Å²) in [7, 11) is 0. The Morgan fingerprint density at radius 2 is 1.95 bits per heavy atom. The summed E-state index contributed by atoms with van der Waals surface area (Å²) in [4.78, 5) is 0. The van der Waals surface area contributed by atoms with Crippen LogP contribution >= 0.6 is 11.6 Å². The Labute approximate surface area is 122 Å². The van der Waals surface area contributed by atoms with Gasteiger partial charge in [0.2, 0.25) is 0 Å². The van der Waals surface area contributed by atoms with Crippen LogP contribution in [0.4, 0.5) is 10.1 Å². The van der Waals surface area contributed by atoms with Crippen molar-refractivity contribution in [2.24, 2.45) is 0 Å². The van der Waals surface area contributed by atoms with E-state index in [9.17, 15) is 4.39 Å². The molecule has 0 saturated heterocycles. The highest BCUT2D eigenvalue weighted by Gasteiger charge is 2.23. The Morgan fingerprint density at radius 3 is 2.70 bits per heavy atom. The van der Waals surface area contributed by atoms with Gasteiger partial charge in [0.25, 0.3) is 0 Å². The van der Waals surface area contributed by atoms with Crippen molar-refractivity contribution in [1.29, 1.82) is 0 Å². The number of halogens is 2. The van der Waals surface area contributed by atoms with Gasteiger partial charge in [-0.25, -0.2) is 9.82 Å². The molecule has 0 saturated carbocycles. The van der Waals surface area contributed by atoms with Gasteiger partial charge < -0.3 is 0 Å². The van der Waals surface area contributed by atoms with Gasteiger partial charge >= 0.3 is 0 Å². The zero-order chi connectivity index (χ0) is 14.1. The second-order valence-corrected chi connectivity index (χ2v) is 5.17. The second-order valence-electron chi connectivity index (χ2n) is 4.77. The standard InChI is InChI=1S/C16H14ClFN2/c1-11-14(12-5-4-6-13(18)9-12)10-20(19-11)16-8-3-2-7-15(16)17/h2-11,19H,1H3. The average molecular weight is 289 g/mol. The van der Waals surface area contributed by atoms with E-state index in [-0.39, 0.29) is 11.9 Å². The van der Waals surface area contributed by atoms with Gasteiger partial charge in [-0.3, -0.25) is 5.01 Å². The van der Waals surface area contributed by atoms with Crippen molar-refractivity contribution in [3.63, 3.8) is 0 Å². The van der Waals surface area contributed by atoms with Crippen molar-refractivity contribution in [3.8, 4) is 0 Å². The lowest BCUT2D eigenvalue weighted by atomic mass is 10.0. The van der Waals surface area contributed by atoms with Crippen LogP contribution in [-0.2, 0) is 0 Å². The molecule has 0 aliphatic carbocycles. The van der Waals surface area contributed by atoms with E-state index in [4.69, 9.17) is 11.6 Å². The summed E-state index contributed by atoms with van der Waals surface area (Å²) in [5.74, 6) is -0.230. The number of nitrogens with one attached hydrogen (secondary N) is 1. The lowest BCUT2D eigenvalue weighted by Gasteiger charge is -2.19. The van der Waals surface area contributed by atoms with Crippen LogP contribution in [-0.4, -0.2) is 6.04 Å². The van der Waals surface area contributed by atoms with Crippen molar-refractivity contribution in [3.05, 3.63) is 71.1 Å². The lowest BCUT2D eigenvalue weighted by Crippen LogP contribution is -2.34. The number of anilines is 1. The van der Waals surface area contributed by atoms with E-state index in [1.54, 1.807) is 12.1 Å². The van der Waals surface area contributed by atoms with Crippen LogP contribution in [0.2, 0.25) is 5.02 Å². The van der Waals surface area contributed by atoms with E-state index >= 15 is 0 Å². The molecule has 0 amide bonds. The van der Waals surface area contributed by atoms with E-state index in [2.05, 4.69) is 5.43 Å². The Hall–Kier alpha value is -1.84. The third-order valence-electron chi connectivity index (χ3n) is 3.34. The molecule has 3 rings (SSSR count). The van der Waals surface area contributed by atoms with Crippen LogP contribution < -0.4 is 10.4 Å². The molecule has 2 aromatic rings. The molecule has 20 heavy (non-hydrogen) atoms. The SMILES string of the molecule is CC1NN(c2ccccc2Cl)C=C1c1cccc(F)c1. The number of nitrogens with zero attached hydrogens (tertiary/aromatic N) is 1. The van der Waals surface area contributed by atoms with Crippen LogP contribution in [0.5, 0.6) is 0 Å². The van der Waals surface area contributed by atoms with E-state index < -0.39 is 0 Å². The molecule has 0 spiro atoms. The summed E-state index contributed by atoms with van der Waals surface area (Å²) in [5.41, 5.74) is 6.10. The number of hydrogen-bond donors (Lipinski definition) is 1. The summed E-state index contributed by atoms with van der Waals surface area (Å²) >= 11 is 6.20. The highest BCUT2D eigenvalue weighted by molar-refractivity contribution is 6.33. The lowest BCUT2D eigenvalue weighted by molar-refractivity contribution is 0.627. The fourth-order valence-corrected chi connectivity index (χ4v) is 2.57. The van der Waals surface area contributed by atoms with Gasteiger partial charge in [0, 0.05) is 6.20 Å². The maximum Gasteiger partial charge on any atom is 0.123 e. The molecule has 102 valence electrons. The minimum atomic E-state index is -0.230. The molecule has 1 aliphatic heterocycles. The molecule has 0 fully saturated rings. The zero-order valence-corrected chi connectivity index (χ0v) is 11.7. The number of benzene rings is 2. The van der Waals surface area contributed by atoms with E-state index in [0.717, 1.165) is 16.8 Å². The normalized spacial score (nSPS) is 18.2. The Kier molecular flexibility index (Phi) is 3.47. The van der Waals surface area contributed by atoms with Crippen LogP contribution in [0.3, 0.4) is 0 Å². The first kappa shape index (κ1) is 13.2. The third-order valence-corrected chi connectivity index (χ3v) is 3.66. The zero-order valence-electron chi connectivity index (χ0n) is 11.0. The molecule has 1 atom stereocenters. The monoisotopic (exact) mass is 288 g/mol. The van der Waals surface area contributed by atoms with E-state index in [1.165, 1.54) is 6.07 Å². The summed E-state index contributed by atoms with van der Waals surface area (Å²) in [6.07, 6.45) is 1.96. The smallest absolute Gasteiger partial charge is 0.123 e. The minimum Gasteiger partial charge on any atom is -0.282 e. The molecule has 1 aliphatic rings. The van der Waals surface area contributed by atoms with E-state index in [1.807, 2.05) is 48.5 Å². The first-order valence-electron chi connectivity index (χ1n) is 6.43. The molecular formula is C16H14ClFN2. The summed E-state index contributed by atoms with van der Waals surface area (Å²) in [6.45, 7) is 2.04. The van der Waals surface area contributed by atoms with Gasteiger partial charge in [-0.1, -0.05) is 35.9 Å². The average Bonchev–Trinajstić information content (AvgIpc) is 2.81. The van der Waals surface area contributed by atoms with Gasteiger partial charge in [-0.05, 0) is 42.3 Å². The summed E-state index contributed by atoms with van der Waals surface area (Å²) in [6, 6.07) is 14.3. The van der Waals surface area contributed by atoms with Crippen LogP contribution in [0, 0.1) is 5.82 Å². The molecule has 0 bridgehead atoms. The Morgan fingerprint density at radius 1 is 1.15 bits per heavy atom. The molecular weight excluding hydrogens is 275 g/mol. The molecule has 2 aromatic carbocycles. The number of hydrazine groups is 1. The fraction of sp³-hybridized carbons (Fsp3) is 0.125. The predicted molar refractivity (Wildman–Crippen MR) is 80.9 cm³/mol. The fourth-order valence-electron chi connectivity index (χ4n) is 2.35. The minimum absolute atomic E-state index is 0.0908. The molecule has 0 aromatic heterocycles. The maximum absolute atomic E-state index is 13.3. The summed E-state index contributed by atoms with van der Waals surface area (Å²) in [5, 5.41) is 2.55. The van der Waals surface area contributed by atoms with Crippen molar-refractivity contribution in [1.82, 2.24) is 5.43 Å². The molecule has 1 heterocycles. The van der Waals surface area contributed by atoms with Crippen molar-refractivity contribution < 1.29 is 4.39 Å². The molecule has 1 unspecified atom stereocenters. The first-order chi connectivity index (χ1) is 9.65. The number of para-hydroxylation sites is 1. The van der Waals surface area contributed by atoms with Crippen LogP contribution in [0.1, 0.15) is 12.5 Å². The van der Waals surface area contributed by atoms with Crippen molar-refractivity contribution in [2.75, 3.05) is 5.01 Å². The van der Waals surface area contributed by atoms with Gasteiger partial charge in [0.05, 0.1) is 16.8 Å². The quantitative estimate of drug-likeness (QED) is 0.889. The number of rotatable bonds is 2. The molecule has 0 radical (unpaired) electrons. The largest absolute Gasteiger partial charge is 0.282 e. The van der Waals surface area contributed by atoms with Crippen molar-refractivity contribution in [2.45, 2.75) is 13.0 Å². The van der Waals surface area contributed by atoms with E-state index in [0.29, 0.717) is 5.02 Å². The number of hydrogen-bond acceptors (Lipinski definition) is 2. The van der Waals surface area contributed by atoms with Gasteiger partial charge in [-0.15, -0.1) is 0 Å². The highest BCUT2D eigenvalue weighted by atomic mass is 35.5.